The lowest BCUT2D eigenvalue weighted by Gasteiger charge is -2.31. The number of nitrogens with zero attached hydrogens (tertiary/aromatic N) is 2. The number of hydrogen-bond acceptors (Lipinski definition) is 4. The topological polar surface area (TPSA) is 61.6 Å². The highest BCUT2D eigenvalue weighted by Gasteiger charge is 2.29. The van der Waals surface area contributed by atoms with Crippen LogP contribution in [-0.4, -0.2) is 55.0 Å². The highest BCUT2D eigenvalue weighted by molar-refractivity contribution is 5.75. The third kappa shape index (κ3) is 3.73. The molecule has 1 fully saturated rings. The smallest absolute Gasteiger partial charge is 0.235 e. The number of hydrazine groups is 1. The van der Waals surface area contributed by atoms with Crippen LogP contribution in [0.5, 0.6) is 0 Å². The Bertz CT molecular complexity index is 232. The van der Waals surface area contributed by atoms with Gasteiger partial charge in [0.2, 0.25) is 5.91 Å². The molecule has 16 heavy (non-hydrogen) atoms. The molecular weight excluding hydrogens is 204 g/mol. The van der Waals surface area contributed by atoms with Crippen LogP contribution in [0.25, 0.3) is 0 Å². The Morgan fingerprint density at radius 1 is 1.62 bits per heavy atom. The molecule has 0 saturated carbocycles. The van der Waals surface area contributed by atoms with E-state index < -0.39 is 0 Å². The molecule has 1 rings (SSSR count). The zero-order valence-corrected chi connectivity index (χ0v) is 10.6. The summed E-state index contributed by atoms with van der Waals surface area (Å²) in [6.07, 6.45) is 2.94. The molecule has 5 heteroatoms. The van der Waals surface area contributed by atoms with Crippen molar-refractivity contribution in [2.75, 3.05) is 27.2 Å². The number of nitrogens with two attached hydrogens (primary N) is 1. The summed E-state index contributed by atoms with van der Waals surface area (Å²) in [4.78, 5) is 15.9. The summed E-state index contributed by atoms with van der Waals surface area (Å²) in [7, 11) is 4.18. The van der Waals surface area contributed by atoms with Gasteiger partial charge in [-0.25, -0.2) is 5.84 Å². The molecule has 1 aliphatic rings. The quantitative estimate of drug-likeness (QED) is 0.388. The van der Waals surface area contributed by atoms with E-state index in [1.807, 2.05) is 0 Å². The van der Waals surface area contributed by atoms with Crippen molar-refractivity contribution in [2.24, 2.45) is 5.84 Å². The lowest BCUT2D eigenvalue weighted by atomic mass is 10.1. The third-order valence-corrected chi connectivity index (χ3v) is 3.21. The molecule has 2 unspecified atom stereocenters. The van der Waals surface area contributed by atoms with E-state index in [-0.39, 0.29) is 11.9 Å². The summed E-state index contributed by atoms with van der Waals surface area (Å²) >= 11 is 0. The molecule has 1 heterocycles. The lowest BCUT2D eigenvalue weighted by molar-refractivity contribution is -0.122. The molecule has 0 spiro atoms. The fraction of sp³-hybridized carbons (Fsp3) is 0.909. The van der Waals surface area contributed by atoms with E-state index in [4.69, 9.17) is 5.84 Å². The number of likely N-dealkylation sites (N-methyl/N-ethyl adjacent to an activating group) is 1. The van der Waals surface area contributed by atoms with E-state index in [1.54, 1.807) is 0 Å². The van der Waals surface area contributed by atoms with Crippen LogP contribution in [0.2, 0.25) is 0 Å². The fourth-order valence-corrected chi connectivity index (χ4v) is 2.50. The molecular formula is C11H24N4O. The fourth-order valence-electron chi connectivity index (χ4n) is 2.50. The number of amides is 1. The van der Waals surface area contributed by atoms with Crippen LogP contribution in [-0.2, 0) is 4.79 Å². The van der Waals surface area contributed by atoms with Crippen molar-refractivity contribution < 1.29 is 4.79 Å². The maximum atomic E-state index is 11.2. The highest BCUT2D eigenvalue weighted by atomic mass is 16.2. The van der Waals surface area contributed by atoms with Crippen molar-refractivity contribution in [1.82, 2.24) is 15.2 Å². The monoisotopic (exact) mass is 228 g/mol. The second-order valence-electron chi connectivity index (χ2n) is 4.92. The van der Waals surface area contributed by atoms with Crippen LogP contribution in [0.1, 0.15) is 26.2 Å². The van der Waals surface area contributed by atoms with Crippen molar-refractivity contribution in [1.29, 1.82) is 0 Å². The van der Waals surface area contributed by atoms with Crippen LogP contribution in [0.3, 0.4) is 0 Å². The van der Waals surface area contributed by atoms with E-state index in [0.29, 0.717) is 12.5 Å². The molecule has 0 aliphatic carbocycles. The number of rotatable bonds is 5. The van der Waals surface area contributed by atoms with Crippen LogP contribution in [0.4, 0.5) is 0 Å². The van der Waals surface area contributed by atoms with Gasteiger partial charge in [-0.2, -0.15) is 0 Å². The SMILES string of the molecule is CC(CC(=O)NN)N1CCCC1CN(C)C. The zero-order chi connectivity index (χ0) is 12.1. The van der Waals surface area contributed by atoms with Crippen LogP contribution >= 0.6 is 0 Å². The van der Waals surface area contributed by atoms with Gasteiger partial charge in [0, 0.05) is 25.0 Å². The van der Waals surface area contributed by atoms with Gasteiger partial charge in [0.05, 0.1) is 0 Å². The lowest BCUT2D eigenvalue weighted by Crippen LogP contribution is -2.45. The standard InChI is InChI=1S/C11H24N4O/c1-9(7-11(16)13-12)15-6-4-5-10(15)8-14(2)3/h9-10H,4-8,12H2,1-3H3,(H,13,16). The van der Waals surface area contributed by atoms with Crippen molar-refractivity contribution in [2.45, 2.75) is 38.3 Å². The summed E-state index contributed by atoms with van der Waals surface area (Å²) in [5.74, 6) is 5.03. The molecule has 1 amide bonds. The molecule has 5 nitrogen and oxygen atoms in total. The molecule has 1 saturated heterocycles. The molecule has 0 bridgehead atoms. The molecule has 0 radical (unpaired) electrons. The van der Waals surface area contributed by atoms with E-state index in [9.17, 15) is 4.79 Å². The number of nitrogens with one attached hydrogen (secondary N) is 1. The third-order valence-electron chi connectivity index (χ3n) is 3.21. The summed E-state index contributed by atoms with van der Waals surface area (Å²) in [6, 6.07) is 0.853. The first-order valence-electron chi connectivity index (χ1n) is 5.94. The van der Waals surface area contributed by atoms with Crippen LogP contribution < -0.4 is 11.3 Å². The molecule has 0 aromatic carbocycles. The Morgan fingerprint density at radius 2 is 2.31 bits per heavy atom. The van der Waals surface area contributed by atoms with Crippen molar-refractivity contribution >= 4 is 5.91 Å². The second kappa shape index (κ2) is 6.18. The first kappa shape index (κ1) is 13.4. The van der Waals surface area contributed by atoms with E-state index >= 15 is 0 Å². The van der Waals surface area contributed by atoms with Gasteiger partial charge in [-0.05, 0) is 40.4 Å². The minimum Gasteiger partial charge on any atom is -0.308 e. The van der Waals surface area contributed by atoms with Crippen LogP contribution in [0, 0.1) is 0 Å². The Morgan fingerprint density at radius 3 is 2.88 bits per heavy atom. The second-order valence-corrected chi connectivity index (χ2v) is 4.92. The van der Waals surface area contributed by atoms with Crippen molar-refractivity contribution in [3.8, 4) is 0 Å². The van der Waals surface area contributed by atoms with Gasteiger partial charge in [0.1, 0.15) is 0 Å². The van der Waals surface area contributed by atoms with E-state index in [0.717, 1.165) is 13.1 Å². The normalized spacial score (nSPS) is 23.7. The van der Waals surface area contributed by atoms with Gasteiger partial charge < -0.3 is 4.90 Å². The van der Waals surface area contributed by atoms with Crippen LogP contribution in [0.15, 0.2) is 0 Å². The van der Waals surface area contributed by atoms with Gasteiger partial charge in [-0.15, -0.1) is 0 Å². The van der Waals surface area contributed by atoms with Gasteiger partial charge in [0.15, 0.2) is 0 Å². The minimum absolute atomic E-state index is 0.0806. The number of carbonyl (C=O) groups excluding carboxylic acids is 1. The average Bonchev–Trinajstić information content (AvgIpc) is 2.64. The molecule has 0 aromatic heterocycles. The van der Waals surface area contributed by atoms with Gasteiger partial charge in [-0.1, -0.05) is 0 Å². The van der Waals surface area contributed by atoms with E-state index in [1.165, 1.54) is 12.8 Å². The maximum Gasteiger partial charge on any atom is 0.235 e. The number of likely N-dealkylation sites (tertiary alicyclic amines) is 1. The zero-order valence-electron chi connectivity index (χ0n) is 10.6. The Hall–Kier alpha value is -0.650. The molecule has 0 aromatic rings. The summed E-state index contributed by atoms with van der Waals surface area (Å²) in [5, 5.41) is 0. The predicted octanol–water partition coefficient (Wildman–Crippen LogP) is -0.219. The van der Waals surface area contributed by atoms with Gasteiger partial charge in [0.25, 0.3) is 0 Å². The first-order valence-corrected chi connectivity index (χ1v) is 5.94. The van der Waals surface area contributed by atoms with Crippen molar-refractivity contribution in [3.63, 3.8) is 0 Å². The number of carbonyl (C=O) groups is 1. The van der Waals surface area contributed by atoms with Crippen molar-refractivity contribution in [3.05, 3.63) is 0 Å². The largest absolute Gasteiger partial charge is 0.308 e. The Labute approximate surface area is 97.9 Å². The molecule has 1 aliphatic heterocycles. The summed E-state index contributed by atoms with van der Waals surface area (Å²) in [5.41, 5.74) is 2.20. The Kier molecular flexibility index (Phi) is 5.18. The minimum atomic E-state index is -0.0806. The number of hydrogen-bond donors (Lipinski definition) is 2. The Balaban J connectivity index is 2.47. The van der Waals surface area contributed by atoms with Gasteiger partial charge >= 0.3 is 0 Å². The predicted molar refractivity (Wildman–Crippen MR) is 64.7 cm³/mol. The molecule has 2 atom stereocenters. The molecule has 94 valence electrons. The van der Waals surface area contributed by atoms with Gasteiger partial charge in [-0.3, -0.25) is 15.1 Å². The summed E-state index contributed by atoms with van der Waals surface area (Å²) < 4.78 is 0. The highest BCUT2D eigenvalue weighted by Crippen LogP contribution is 2.21. The molecule has 3 N–H and O–H groups in total. The van der Waals surface area contributed by atoms with E-state index in [2.05, 4.69) is 36.2 Å². The maximum absolute atomic E-state index is 11.2. The average molecular weight is 228 g/mol. The summed E-state index contributed by atoms with van der Waals surface area (Å²) in [6.45, 7) is 4.26. The first-order chi connectivity index (χ1) is 7.54.